The summed E-state index contributed by atoms with van der Waals surface area (Å²) in [4.78, 5) is 10.0. The van der Waals surface area contributed by atoms with Gasteiger partial charge in [0.05, 0.1) is 16.9 Å². The van der Waals surface area contributed by atoms with E-state index in [1.165, 1.54) is 5.39 Å². The van der Waals surface area contributed by atoms with Gasteiger partial charge in [-0.05, 0) is 41.8 Å². The van der Waals surface area contributed by atoms with E-state index in [1.54, 1.807) is 0 Å². The van der Waals surface area contributed by atoms with E-state index in [0.717, 1.165) is 67.1 Å². The second kappa shape index (κ2) is 10.5. The molecule has 0 spiro atoms. The fourth-order valence-corrected chi connectivity index (χ4v) is 6.31. The van der Waals surface area contributed by atoms with Crippen LogP contribution in [0.25, 0.3) is 72.5 Å². The summed E-state index contributed by atoms with van der Waals surface area (Å²) in [7, 11) is 0. The Balaban J connectivity index is 0.00000289. The number of benzene rings is 5. The molecule has 0 unspecified atom stereocenters. The Morgan fingerprint density at radius 1 is 0.568 bits per heavy atom. The number of imidazole rings is 1. The minimum Gasteiger partial charge on any atom is -0.331 e. The van der Waals surface area contributed by atoms with Crippen molar-refractivity contribution in [2.45, 2.75) is 0 Å². The maximum atomic E-state index is 5.33. The van der Waals surface area contributed by atoms with E-state index in [-0.39, 0.29) is 21.1 Å². The second-order valence-corrected chi connectivity index (χ2v) is 10.6. The van der Waals surface area contributed by atoms with Crippen LogP contribution in [-0.2, 0) is 21.1 Å². The van der Waals surface area contributed by atoms with Crippen molar-refractivity contribution < 1.29 is 21.1 Å². The predicted molar refractivity (Wildman–Crippen MR) is 173 cm³/mol. The molecule has 5 nitrogen and oxygen atoms in total. The van der Waals surface area contributed by atoms with Gasteiger partial charge in [0.1, 0.15) is 5.82 Å². The summed E-state index contributed by atoms with van der Waals surface area (Å²) in [5, 5.41) is 3.42. The van der Waals surface area contributed by atoms with Crippen LogP contribution in [-0.4, -0.2) is 23.7 Å². The number of hydrogen-bond donors (Lipinski definition) is 0. The average Bonchev–Trinajstić information content (AvgIpc) is 3.73. The number of aromatic nitrogens is 5. The molecule has 0 N–H and O–H groups in total. The first-order valence-corrected chi connectivity index (χ1v) is 14.3. The average molecular weight is 745 g/mol. The number of para-hydroxylation sites is 3. The molecule has 0 aliphatic carbocycles. The first kappa shape index (κ1) is 26.4. The third-order valence-electron chi connectivity index (χ3n) is 8.12. The van der Waals surface area contributed by atoms with Crippen LogP contribution in [0.1, 0.15) is 0 Å². The van der Waals surface area contributed by atoms with E-state index < -0.39 is 0 Å². The molecule has 0 aliphatic rings. The number of rotatable bonds is 4. The third-order valence-corrected chi connectivity index (χ3v) is 8.12. The van der Waals surface area contributed by atoms with E-state index in [1.807, 2.05) is 48.7 Å². The topological polar surface area (TPSA) is 40.6 Å². The van der Waals surface area contributed by atoms with E-state index in [9.17, 15) is 0 Å². The van der Waals surface area contributed by atoms with Crippen LogP contribution in [0.5, 0.6) is 0 Å². The Bertz CT molecular complexity index is 2440. The molecule has 4 heterocycles. The summed E-state index contributed by atoms with van der Waals surface area (Å²) in [5.74, 6) is 1.71. The molecule has 210 valence electrons. The minimum atomic E-state index is 0. The van der Waals surface area contributed by atoms with Gasteiger partial charge in [-0.1, -0.05) is 71.9 Å². The fraction of sp³-hybridized carbons (Fsp3) is 0. The van der Waals surface area contributed by atoms with Crippen LogP contribution in [0.15, 0.2) is 140 Å². The zero-order chi connectivity index (χ0) is 28.3. The summed E-state index contributed by atoms with van der Waals surface area (Å²) in [5.41, 5.74) is 7.97. The molecule has 9 rings (SSSR count). The maximum absolute atomic E-state index is 5.33. The zero-order valence-corrected chi connectivity index (χ0v) is 25.6. The molecule has 5 aromatic carbocycles. The van der Waals surface area contributed by atoms with E-state index in [4.69, 9.17) is 9.97 Å². The van der Waals surface area contributed by atoms with Crippen molar-refractivity contribution in [3.63, 3.8) is 0 Å². The Morgan fingerprint density at radius 3 is 2.07 bits per heavy atom. The van der Waals surface area contributed by atoms with Crippen molar-refractivity contribution >= 4 is 43.9 Å². The summed E-state index contributed by atoms with van der Waals surface area (Å²) >= 11 is 0. The van der Waals surface area contributed by atoms with Gasteiger partial charge in [-0.2, -0.15) is 6.07 Å². The van der Waals surface area contributed by atoms with Crippen LogP contribution in [0, 0.1) is 12.1 Å². The molecule has 0 saturated carbocycles. The summed E-state index contributed by atoms with van der Waals surface area (Å²) in [6.45, 7) is 0. The normalized spacial score (nSPS) is 11.5. The van der Waals surface area contributed by atoms with E-state index in [2.05, 4.69) is 117 Å². The van der Waals surface area contributed by atoms with Crippen LogP contribution in [0.3, 0.4) is 0 Å². The van der Waals surface area contributed by atoms with Crippen LogP contribution in [0.4, 0.5) is 0 Å². The van der Waals surface area contributed by atoms with Gasteiger partial charge >= 0.3 is 21.1 Å². The van der Waals surface area contributed by atoms with Crippen LogP contribution in [0.2, 0.25) is 0 Å². The monoisotopic (exact) mass is 744 g/mol. The van der Waals surface area contributed by atoms with Crippen LogP contribution >= 0.6 is 0 Å². The summed E-state index contributed by atoms with van der Waals surface area (Å²) in [6, 6.07) is 53.0. The number of nitrogens with zero attached hydrogens (tertiary/aromatic N) is 5. The molecule has 6 heteroatoms. The number of hydrogen-bond acceptors (Lipinski definition) is 2. The second-order valence-electron chi connectivity index (χ2n) is 10.6. The number of pyridine rings is 1. The molecule has 0 atom stereocenters. The Morgan fingerprint density at radius 2 is 1.30 bits per heavy atom. The van der Waals surface area contributed by atoms with Crippen molar-refractivity contribution in [2.24, 2.45) is 0 Å². The smallest absolute Gasteiger partial charge is 0.331 e. The molecular formula is C38H23N5Pt. The third kappa shape index (κ3) is 3.90. The van der Waals surface area contributed by atoms with Crippen molar-refractivity contribution in [3.8, 4) is 28.6 Å². The van der Waals surface area contributed by atoms with Gasteiger partial charge in [-0.3, -0.25) is 4.98 Å². The van der Waals surface area contributed by atoms with Crippen molar-refractivity contribution in [1.29, 1.82) is 0 Å². The van der Waals surface area contributed by atoms with Gasteiger partial charge in [-0.15, -0.1) is 53.4 Å². The Kier molecular flexibility index (Phi) is 6.28. The SMILES string of the molecule is [Pt+2].[c-]1ccccc1-c1nc2c(c3ccccc3n2-c2[c-]c3c(cc2)c2ccccc2n3-c2ccccn2)n1-c1ccccc1. The zero-order valence-electron chi connectivity index (χ0n) is 23.3. The van der Waals surface area contributed by atoms with Gasteiger partial charge < -0.3 is 13.7 Å². The predicted octanol–water partition coefficient (Wildman–Crippen LogP) is 8.73. The van der Waals surface area contributed by atoms with Gasteiger partial charge in [-0.25, -0.2) is 4.98 Å². The molecule has 4 aromatic heterocycles. The van der Waals surface area contributed by atoms with Gasteiger partial charge in [0.25, 0.3) is 0 Å². The quantitative estimate of drug-likeness (QED) is 0.169. The fourth-order valence-electron chi connectivity index (χ4n) is 6.31. The molecule has 0 bridgehead atoms. The van der Waals surface area contributed by atoms with E-state index >= 15 is 0 Å². The largest absolute Gasteiger partial charge is 2.00 e. The molecule has 44 heavy (non-hydrogen) atoms. The first-order chi connectivity index (χ1) is 21.4. The molecular weight excluding hydrogens is 722 g/mol. The summed E-state index contributed by atoms with van der Waals surface area (Å²) in [6.07, 6.45) is 1.83. The van der Waals surface area contributed by atoms with Gasteiger partial charge in [0, 0.05) is 22.8 Å². The van der Waals surface area contributed by atoms with Gasteiger partial charge in [0.15, 0.2) is 5.65 Å². The molecule has 0 aliphatic heterocycles. The molecule has 0 fully saturated rings. The molecule has 9 aromatic rings. The summed E-state index contributed by atoms with van der Waals surface area (Å²) < 4.78 is 6.68. The molecule has 0 amide bonds. The standard InChI is InChI=1S/C38H23N5.Pt/c1-3-13-26(14-4-1)37-40-38-36(42(37)27-15-5-2-6-16-27)31-18-8-10-20-33(31)41(38)28-22-23-30-29-17-7-9-19-32(29)43(34(30)25-28)35-21-11-12-24-39-35;/h1-13,15-24H;/q-2;+2. The minimum absolute atomic E-state index is 0. The Labute approximate surface area is 267 Å². The maximum Gasteiger partial charge on any atom is 2.00 e. The van der Waals surface area contributed by atoms with Crippen LogP contribution < -0.4 is 0 Å². The van der Waals surface area contributed by atoms with Crippen molar-refractivity contribution in [3.05, 3.63) is 152 Å². The Hall–Kier alpha value is -5.25. The molecule has 0 radical (unpaired) electrons. The van der Waals surface area contributed by atoms with Gasteiger partial charge in [0.2, 0.25) is 0 Å². The van der Waals surface area contributed by atoms with E-state index in [0.29, 0.717) is 0 Å². The number of fused-ring (bicyclic) bond motifs is 6. The van der Waals surface area contributed by atoms with Crippen molar-refractivity contribution in [1.82, 2.24) is 23.7 Å². The molecule has 0 saturated heterocycles. The first-order valence-electron chi connectivity index (χ1n) is 14.3. The van der Waals surface area contributed by atoms with Crippen molar-refractivity contribution in [2.75, 3.05) is 0 Å².